The number of hydrogen-bond donors (Lipinski definition) is 2. The standard InChI is InChI=1S/C9H11F3N4/c1-5(13)2-6(14)7-3-8(9(10,11)12)16-4-15-7/h2-5H,13-14H2,1H3/b6-2-. The van der Waals surface area contributed by atoms with Crippen molar-refractivity contribution in [3.05, 3.63) is 29.9 Å². The minimum absolute atomic E-state index is 0.0135. The Morgan fingerprint density at radius 2 is 2.06 bits per heavy atom. The maximum Gasteiger partial charge on any atom is 0.433 e. The molecule has 1 aromatic heterocycles. The predicted molar refractivity (Wildman–Crippen MR) is 52.8 cm³/mol. The molecule has 0 radical (unpaired) electrons. The Labute approximate surface area is 90.2 Å². The van der Waals surface area contributed by atoms with Crippen molar-refractivity contribution >= 4 is 5.70 Å². The molecule has 88 valence electrons. The number of hydrogen-bond acceptors (Lipinski definition) is 4. The number of nitrogens with two attached hydrogens (primary N) is 2. The van der Waals surface area contributed by atoms with Gasteiger partial charge in [0, 0.05) is 6.04 Å². The molecule has 0 aliphatic rings. The van der Waals surface area contributed by atoms with Crippen LogP contribution in [0.3, 0.4) is 0 Å². The van der Waals surface area contributed by atoms with Crippen LogP contribution in [-0.4, -0.2) is 16.0 Å². The van der Waals surface area contributed by atoms with E-state index in [1.807, 2.05) is 0 Å². The molecule has 0 aromatic carbocycles. The van der Waals surface area contributed by atoms with Crippen molar-refractivity contribution in [3.63, 3.8) is 0 Å². The number of alkyl halides is 3. The highest BCUT2D eigenvalue weighted by Gasteiger charge is 2.32. The van der Waals surface area contributed by atoms with Gasteiger partial charge in [-0.15, -0.1) is 0 Å². The van der Waals surface area contributed by atoms with Crippen molar-refractivity contribution in [1.82, 2.24) is 9.97 Å². The van der Waals surface area contributed by atoms with E-state index in [-0.39, 0.29) is 17.4 Å². The van der Waals surface area contributed by atoms with Crippen molar-refractivity contribution in [2.24, 2.45) is 11.5 Å². The molecule has 16 heavy (non-hydrogen) atoms. The molecule has 4 nitrogen and oxygen atoms in total. The minimum atomic E-state index is -4.51. The predicted octanol–water partition coefficient (Wildman–Crippen LogP) is 1.14. The molecule has 0 spiro atoms. The first-order valence-corrected chi connectivity index (χ1v) is 4.43. The minimum Gasteiger partial charge on any atom is -0.397 e. The van der Waals surface area contributed by atoms with Crippen LogP contribution in [0, 0.1) is 0 Å². The van der Waals surface area contributed by atoms with Gasteiger partial charge in [0.05, 0.1) is 11.4 Å². The lowest BCUT2D eigenvalue weighted by Gasteiger charge is -2.07. The van der Waals surface area contributed by atoms with Gasteiger partial charge in [-0.25, -0.2) is 9.97 Å². The summed E-state index contributed by atoms with van der Waals surface area (Å²) in [6, 6.07) is 0.429. The summed E-state index contributed by atoms with van der Waals surface area (Å²) in [7, 11) is 0. The molecular weight excluding hydrogens is 221 g/mol. The molecular formula is C9H11F3N4. The number of rotatable bonds is 2. The monoisotopic (exact) mass is 232 g/mol. The van der Waals surface area contributed by atoms with Gasteiger partial charge in [0.25, 0.3) is 0 Å². The van der Waals surface area contributed by atoms with Crippen LogP contribution in [0.15, 0.2) is 18.5 Å². The van der Waals surface area contributed by atoms with Crippen LogP contribution in [0.25, 0.3) is 5.70 Å². The van der Waals surface area contributed by atoms with E-state index in [1.54, 1.807) is 6.92 Å². The SMILES string of the molecule is CC(N)/C=C(\N)c1cc(C(F)(F)F)ncn1. The van der Waals surface area contributed by atoms with Gasteiger partial charge in [-0.3, -0.25) is 0 Å². The molecule has 1 rings (SSSR count). The lowest BCUT2D eigenvalue weighted by atomic mass is 10.2. The van der Waals surface area contributed by atoms with Gasteiger partial charge in [0.1, 0.15) is 12.0 Å². The zero-order chi connectivity index (χ0) is 12.3. The van der Waals surface area contributed by atoms with E-state index in [9.17, 15) is 13.2 Å². The molecule has 0 bridgehead atoms. The molecule has 0 saturated heterocycles. The van der Waals surface area contributed by atoms with Crippen molar-refractivity contribution in [2.45, 2.75) is 19.1 Å². The molecule has 1 unspecified atom stereocenters. The number of nitrogens with zero attached hydrogens (tertiary/aromatic N) is 2. The maximum absolute atomic E-state index is 12.3. The normalized spacial score (nSPS) is 14.9. The Morgan fingerprint density at radius 1 is 1.44 bits per heavy atom. The van der Waals surface area contributed by atoms with Crippen LogP contribution in [0.2, 0.25) is 0 Å². The first kappa shape index (κ1) is 12.4. The van der Waals surface area contributed by atoms with Gasteiger partial charge in [0.2, 0.25) is 0 Å². The fraction of sp³-hybridized carbons (Fsp3) is 0.333. The zero-order valence-corrected chi connectivity index (χ0v) is 8.49. The number of aromatic nitrogens is 2. The third-order valence-corrected chi connectivity index (χ3v) is 1.70. The highest BCUT2D eigenvalue weighted by atomic mass is 19.4. The quantitative estimate of drug-likeness (QED) is 0.801. The van der Waals surface area contributed by atoms with Gasteiger partial charge < -0.3 is 11.5 Å². The summed E-state index contributed by atoms with van der Waals surface area (Å²) in [5.41, 5.74) is 10.0. The van der Waals surface area contributed by atoms with E-state index < -0.39 is 11.9 Å². The third-order valence-electron chi connectivity index (χ3n) is 1.70. The van der Waals surface area contributed by atoms with Gasteiger partial charge in [0.15, 0.2) is 0 Å². The van der Waals surface area contributed by atoms with Gasteiger partial charge in [-0.05, 0) is 19.1 Å². The Bertz CT molecular complexity index is 398. The van der Waals surface area contributed by atoms with Crippen LogP contribution in [-0.2, 0) is 6.18 Å². The Morgan fingerprint density at radius 3 is 2.56 bits per heavy atom. The summed E-state index contributed by atoms with van der Waals surface area (Å²) in [5, 5.41) is 0. The topological polar surface area (TPSA) is 77.8 Å². The summed E-state index contributed by atoms with van der Waals surface area (Å²) in [5.74, 6) is 0. The van der Waals surface area contributed by atoms with Gasteiger partial charge >= 0.3 is 6.18 Å². The largest absolute Gasteiger partial charge is 0.433 e. The summed E-state index contributed by atoms with van der Waals surface area (Å²) in [6.07, 6.45) is -2.27. The van der Waals surface area contributed by atoms with Crippen LogP contribution < -0.4 is 11.5 Å². The van der Waals surface area contributed by atoms with Crippen molar-refractivity contribution in [2.75, 3.05) is 0 Å². The maximum atomic E-state index is 12.3. The zero-order valence-electron chi connectivity index (χ0n) is 8.49. The van der Waals surface area contributed by atoms with Crippen molar-refractivity contribution < 1.29 is 13.2 Å². The first-order valence-electron chi connectivity index (χ1n) is 4.43. The second-order valence-electron chi connectivity index (χ2n) is 3.27. The Kier molecular flexibility index (Phi) is 3.48. The molecule has 4 N–H and O–H groups in total. The Hall–Kier alpha value is -1.63. The third kappa shape index (κ3) is 3.20. The molecule has 7 heteroatoms. The van der Waals surface area contributed by atoms with Crippen LogP contribution >= 0.6 is 0 Å². The van der Waals surface area contributed by atoms with Crippen LogP contribution in [0.1, 0.15) is 18.3 Å². The second-order valence-corrected chi connectivity index (χ2v) is 3.27. The second kappa shape index (κ2) is 4.48. The van der Waals surface area contributed by atoms with E-state index in [2.05, 4.69) is 9.97 Å². The smallest absolute Gasteiger partial charge is 0.397 e. The molecule has 1 heterocycles. The van der Waals surface area contributed by atoms with Gasteiger partial charge in [-0.2, -0.15) is 13.2 Å². The van der Waals surface area contributed by atoms with Crippen molar-refractivity contribution in [1.29, 1.82) is 0 Å². The van der Waals surface area contributed by atoms with Crippen molar-refractivity contribution in [3.8, 4) is 0 Å². The van der Waals surface area contributed by atoms with Gasteiger partial charge in [-0.1, -0.05) is 0 Å². The molecule has 1 aromatic rings. The average Bonchev–Trinajstić information content (AvgIpc) is 2.15. The molecule has 0 aliphatic carbocycles. The Balaban J connectivity index is 3.09. The first-order chi connectivity index (χ1) is 7.30. The lowest BCUT2D eigenvalue weighted by Crippen LogP contribution is -2.15. The number of halogens is 3. The van der Waals surface area contributed by atoms with E-state index in [4.69, 9.17) is 11.5 Å². The van der Waals surface area contributed by atoms with E-state index >= 15 is 0 Å². The highest BCUT2D eigenvalue weighted by molar-refractivity contribution is 5.59. The summed E-state index contributed by atoms with van der Waals surface area (Å²) in [6.45, 7) is 1.65. The van der Waals surface area contributed by atoms with E-state index in [0.717, 1.165) is 12.4 Å². The summed E-state index contributed by atoms with van der Waals surface area (Å²) in [4.78, 5) is 6.77. The molecule has 1 atom stereocenters. The average molecular weight is 232 g/mol. The summed E-state index contributed by atoms with van der Waals surface area (Å²) < 4.78 is 37.0. The van der Waals surface area contributed by atoms with Crippen LogP contribution in [0.5, 0.6) is 0 Å². The highest BCUT2D eigenvalue weighted by Crippen LogP contribution is 2.27. The fourth-order valence-corrected chi connectivity index (χ4v) is 1.04. The van der Waals surface area contributed by atoms with E-state index in [1.165, 1.54) is 6.08 Å². The van der Waals surface area contributed by atoms with Crippen LogP contribution in [0.4, 0.5) is 13.2 Å². The summed E-state index contributed by atoms with van der Waals surface area (Å²) >= 11 is 0. The molecule has 0 amide bonds. The van der Waals surface area contributed by atoms with E-state index in [0.29, 0.717) is 0 Å². The molecule has 0 fully saturated rings. The molecule has 0 saturated carbocycles. The molecule has 0 aliphatic heterocycles. The fourth-order valence-electron chi connectivity index (χ4n) is 1.04. The lowest BCUT2D eigenvalue weighted by molar-refractivity contribution is -0.141.